The van der Waals surface area contributed by atoms with Gasteiger partial charge >= 0.3 is 6.04 Å². The molecular weight excluding hydrogens is 163 g/mol. The topological polar surface area (TPSA) is 17.1 Å². The average molecular weight is 172 g/mol. The molecule has 60 valence electrons. The van der Waals surface area contributed by atoms with Crippen LogP contribution in [0.3, 0.4) is 0 Å². The van der Waals surface area contributed by atoms with Gasteiger partial charge in [-0.05, 0) is 25.5 Å². The monoisotopic (exact) mass is 172 g/mol. The zero-order valence-electron chi connectivity index (χ0n) is 6.26. The lowest BCUT2D eigenvalue weighted by Gasteiger charge is -1.88. The minimum Gasteiger partial charge on any atom is -0.261 e. The Kier molecular flexibility index (Phi) is 2.76. The van der Waals surface area contributed by atoms with E-state index in [1.807, 2.05) is 19.1 Å². The molecule has 0 aliphatic carbocycles. The predicted octanol–water partition coefficient (Wildman–Crippen LogP) is 2.49. The van der Waals surface area contributed by atoms with E-state index < -0.39 is 6.04 Å². The van der Waals surface area contributed by atoms with Crippen molar-refractivity contribution in [1.82, 2.24) is 0 Å². The number of halogens is 1. The van der Waals surface area contributed by atoms with E-state index in [1.54, 1.807) is 11.3 Å². The van der Waals surface area contributed by atoms with E-state index >= 15 is 0 Å². The molecule has 3 heteroatoms. The molecule has 0 saturated heterocycles. The van der Waals surface area contributed by atoms with Gasteiger partial charge in [-0.2, -0.15) is 4.39 Å². The Morgan fingerprint density at radius 3 is 2.82 bits per heavy atom. The van der Waals surface area contributed by atoms with Crippen LogP contribution < -0.4 is 0 Å². The largest absolute Gasteiger partial charge is 0.301 e. The molecule has 0 atom stereocenters. The third-order valence-corrected chi connectivity index (χ3v) is 2.42. The molecule has 0 aromatic carbocycles. The molecule has 1 rings (SSSR count). The standard InChI is InChI=1S/C8H9FOS/c1-6-2-3-7(11-6)4-5-8(9)10/h2-3H,4-5H2,1H3. The van der Waals surface area contributed by atoms with Gasteiger partial charge in [-0.1, -0.05) is 0 Å². The van der Waals surface area contributed by atoms with Gasteiger partial charge in [0.25, 0.3) is 0 Å². The van der Waals surface area contributed by atoms with Gasteiger partial charge in [-0.3, -0.25) is 4.79 Å². The molecule has 0 unspecified atom stereocenters. The van der Waals surface area contributed by atoms with Crippen molar-refractivity contribution in [3.8, 4) is 0 Å². The highest BCUT2D eigenvalue weighted by molar-refractivity contribution is 7.11. The molecule has 1 aromatic rings. The summed E-state index contributed by atoms with van der Waals surface area (Å²) in [5, 5.41) is 0. The fourth-order valence-electron chi connectivity index (χ4n) is 0.841. The lowest BCUT2D eigenvalue weighted by molar-refractivity contribution is -0.129. The van der Waals surface area contributed by atoms with Crippen molar-refractivity contribution in [2.75, 3.05) is 0 Å². The Morgan fingerprint density at radius 2 is 2.36 bits per heavy atom. The van der Waals surface area contributed by atoms with E-state index in [9.17, 15) is 9.18 Å². The van der Waals surface area contributed by atoms with Gasteiger partial charge in [0.15, 0.2) is 0 Å². The molecule has 0 amide bonds. The van der Waals surface area contributed by atoms with Gasteiger partial charge in [0.05, 0.1) is 0 Å². The highest BCUT2D eigenvalue weighted by Crippen LogP contribution is 2.16. The number of carbonyl (C=O) groups is 1. The maximum absolute atomic E-state index is 11.8. The van der Waals surface area contributed by atoms with Crippen molar-refractivity contribution in [1.29, 1.82) is 0 Å². The first-order valence-electron chi connectivity index (χ1n) is 3.42. The SMILES string of the molecule is Cc1ccc(CCC(=O)F)s1. The van der Waals surface area contributed by atoms with Crippen LogP contribution in [0.1, 0.15) is 16.2 Å². The molecule has 0 fully saturated rings. The van der Waals surface area contributed by atoms with Crippen molar-refractivity contribution < 1.29 is 9.18 Å². The zero-order valence-corrected chi connectivity index (χ0v) is 7.08. The number of rotatable bonds is 3. The van der Waals surface area contributed by atoms with Crippen molar-refractivity contribution in [3.63, 3.8) is 0 Å². The number of thiophene rings is 1. The predicted molar refractivity (Wildman–Crippen MR) is 43.5 cm³/mol. The van der Waals surface area contributed by atoms with E-state index in [0.29, 0.717) is 6.42 Å². The van der Waals surface area contributed by atoms with Crippen molar-refractivity contribution in [2.24, 2.45) is 0 Å². The number of aryl methyl sites for hydroxylation is 2. The van der Waals surface area contributed by atoms with Crippen LogP contribution in [0.4, 0.5) is 4.39 Å². The molecule has 0 aliphatic heterocycles. The van der Waals surface area contributed by atoms with E-state index in [0.717, 1.165) is 4.88 Å². The summed E-state index contributed by atoms with van der Waals surface area (Å²) in [6.07, 6.45) is 0.549. The second-order valence-electron chi connectivity index (χ2n) is 2.37. The highest BCUT2D eigenvalue weighted by atomic mass is 32.1. The first-order valence-corrected chi connectivity index (χ1v) is 4.24. The van der Waals surface area contributed by atoms with E-state index in [-0.39, 0.29) is 6.42 Å². The molecular formula is C8H9FOS. The Balaban J connectivity index is 2.45. The van der Waals surface area contributed by atoms with Crippen LogP contribution in [-0.2, 0) is 11.2 Å². The second-order valence-corrected chi connectivity index (χ2v) is 3.74. The second kappa shape index (κ2) is 3.62. The molecule has 0 aliphatic rings. The molecule has 1 nitrogen and oxygen atoms in total. The molecule has 1 aromatic heterocycles. The lowest BCUT2D eigenvalue weighted by Crippen LogP contribution is -1.89. The lowest BCUT2D eigenvalue weighted by atomic mass is 10.3. The van der Waals surface area contributed by atoms with Gasteiger partial charge in [-0.25, -0.2) is 0 Å². The minimum absolute atomic E-state index is 0.0138. The Bertz CT molecular complexity index is 254. The van der Waals surface area contributed by atoms with Gasteiger partial charge in [0, 0.05) is 16.2 Å². The smallest absolute Gasteiger partial charge is 0.261 e. The van der Waals surface area contributed by atoms with Gasteiger partial charge in [0.2, 0.25) is 0 Å². The summed E-state index contributed by atoms with van der Waals surface area (Å²) in [5.74, 6) is 0. The van der Waals surface area contributed by atoms with Crippen LogP contribution in [-0.4, -0.2) is 6.04 Å². The summed E-state index contributed by atoms with van der Waals surface area (Å²) in [4.78, 5) is 12.2. The number of carbonyl (C=O) groups excluding carboxylic acids is 1. The Hall–Kier alpha value is -0.700. The highest BCUT2D eigenvalue weighted by Gasteiger charge is 2.00. The summed E-state index contributed by atoms with van der Waals surface area (Å²) < 4.78 is 11.8. The number of hydrogen-bond donors (Lipinski definition) is 0. The maximum atomic E-state index is 11.8. The van der Waals surface area contributed by atoms with E-state index in [2.05, 4.69) is 0 Å². The van der Waals surface area contributed by atoms with Gasteiger partial charge in [0.1, 0.15) is 0 Å². The van der Waals surface area contributed by atoms with Gasteiger partial charge in [-0.15, -0.1) is 11.3 Å². The van der Waals surface area contributed by atoms with Crippen LogP contribution in [0, 0.1) is 6.92 Å². The van der Waals surface area contributed by atoms with Crippen molar-refractivity contribution >= 4 is 17.4 Å². The Morgan fingerprint density at radius 1 is 1.64 bits per heavy atom. The summed E-state index contributed by atoms with van der Waals surface area (Å²) in [7, 11) is 0. The molecule has 11 heavy (non-hydrogen) atoms. The minimum atomic E-state index is -1.23. The quantitative estimate of drug-likeness (QED) is 0.640. The maximum Gasteiger partial charge on any atom is 0.301 e. The fourth-order valence-corrected chi connectivity index (χ4v) is 1.73. The molecule has 1 heterocycles. The summed E-state index contributed by atoms with van der Waals surface area (Å²) in [6, 6.07) is 2.68. The van der Waals surface area contributed by atoms with Crippen LogP contribution in [0.15, 0.2) is 12.1 Å². The van der Waals surface area contributed by atoms with Crippen LogP contribution in [0.5, 0.6) is 0 Å². The average Bonchev–Trinajstić information content (AvgIpc) is 2.31. The fraction of sp³-hybridized carbons (Fsp3) is 0.375. The molecule has 0 bridgehead atoms. The van der Waals surface area contributed by atoms with Crippen molar-refractivity contribution in [3.05, 3.63) is 21.9 Å². The number of hydrogen-bond acceptors (Lipinski definition) is 2. The van der Waals surface area contributed by atoms with Crippen molar-refractivity contribution in [2.45, 2.75) is 19.8 Å². The van der Waals surface area contributed by atoms with E-state index in [1.165, 1.54) is 4.88 Å². The first-order chi connectivity index (χ1) is 5.18. The molecule has 0 N–H and O–H groups in total. The van der Waals surface area contributed by atoms with E-state index in [4.69, 9.17) is 0 Å². The summed E-state index contributed by atoms with van der Waals surface area (Å²) >= 11 is 1.61. The third-order valence-electron chi connectivity index (χ3n) is 1.36. The normalized spacial score (nSPS) is 10.0. The third kappa shape index (κ3) is 2.80. The van der Waals surface area contributed by atoms with Crippen LogP contribution in [0.25, 0.3) is 0 Å². The molecule has 0 saturated carbocycles. The van der Waals surface area contributed by atoms with Gasteiger partial charge < -0.3 is 0 Å². The van der Waals surface area contributed by atoms with Crippen LogP contribution >= 0.6 is 11.3 Å². The van der Waals surface area contributed by atoms with Crippen LogP contribution in [0.2, 0.25) is 0 Å². The first kappa shape index (κ1) is 8.40. The summed E-state index contributed by atoms with van der Waals surface area (Å²) in [5.41, 5.74) is 0. The zero-order chi connectivity index (χ0) is 8.27. The Labute approximate surface area is 68.9 Å². The molecule has 0 radical (unpaired) electrons. The summed E-state index contributed by atoms with van der Waals surface area (Å²) in [6.45, 7) is 1.99. The molecule has 0 spiro atoms.